The van der Waals surface area contributed by atoms with Crippen molar-refractivity contribution < 1.29 is 19.8 Å². The Bertz CT molecular complexity index is 1460. The molecule has 0 aromatic carbocycles. The van der Waals surface area contributed by atoms with Crippen molar-refractivity contribution in [3.05, 3.63) is 106 Å². The molecule has 0 aromatic rings. The van der Waals surface area contributed by atoms with Crippen molar-refractivity contribution >= 4 is 11.6 Å². The van der Waals surface area contributed by atoms with E-state index in [-0.39, 0.29) is 35.9 Å². The predicted octanol–water partition coefficient (Wildman–Crippen LogP) is 8.58. The Labute approximate surface area is 266 Å². The van der Waals surface area contributed by atoms with Crippen molar-refractivity contribution in [1.82, 2.24) is 0 Å². The summed E-state index contributed by atoms with van der Waals surface area (Å²) in [6.07, 6.45) is 22.4. The summed E-state index contributed by atoms with van der Waals surface area (Å²) in [6.45, 7) is 19.5. The molecule has 0 amide bonds. The fraction of sp³-hybridized carbons (Fsp3) is 0.450. The van der Waals surface area contributed by atoms with Gasteiger partial charge in [0.2, 0.25) is 0 Å². The zero-order valence-corrected chi connectivity index (χ0v) is 28.5. The minimum atomic E-state index is -1.34. The molecule has 0 unspecified atom stereocenters. The molecule has 2 N–H and O–H groups in total. The van der Waals surface area contributed by atoms with Crippen LogP contribution in [0.5, 0.6) is 0 Å². The van der Waals surface area contributed by atoms with Gasteiger partial charge in [-0.05, 0) is 77.2 Å². The number of rotatable bonds is 9. The molecule has 0 aromatic heterocycles. The molecule has 0 bridgehead atoms. The molecule has 0 spiro atoms. The van der Waals surface area contributed by atoms with Crippen molar-refractivity contribution in [3.63, 3.8) is 0 Å². The second-order valence-electron chi connectivity index (χ2n) is 13.8. The van der Waals surface area contributed by atoms with E-state index in [1.54, 1.807) is 19.9 Å². The lowest BCUT2D eigenvalue weighted by Gasteiger charge is -2.45. The highest BCUT2D eigenvalue weighted by molar-refractivity contribution is 5.97. The Hall–Kier alpha value is -3.52. The van der Waals surface area contributed by atoms with E-state index < -0.39 is 11.0 Å². The first-order valence-electron chi connectivity index (χ1n) is 15.5. The van der Waals surface area contributed by atoms with Gasteiger partial charge in [0.25, 0.3) is 0 Å². The third kappa shape index (κ3) is 10.3. The van der Waals surface area contributed by atoms with E-state index in [0.29, 0.717) is 17.6 Å². The predicted molar refractivity (Wildman–Crippen MR) is 184 cm³/mol. The van der Waals surface area contributed by atoms with Crippen molar-refractivity contribution in [2.24, 2.45) is 10.8 Å². The summed E-state index contributed by atoms with van der Waals surface area (Å²) in [6, 6.07) is 0. The molecule has 4 heteroatoms. The number of ketones is 2. The third-order valence-corrected chi connectivity index (χ3v) is 8.64. The fourth-order valence-corrected chi connectivity index (χ4v) is 5.86. The summed E-state index contributed by atoms with van der Waals surface area (Å²) in [5, 5.41) is 21.4. The zero-order chi connectivity index (χ0) is 33.3. The molecular weight excluding hydrogens is 544 g/mol. The van der Waals surface area contributed by atoms with Gasteiger partial charge in [-0.3, -0.25) is 9.59 Å². The average molecular weight is 597 g/mol. The third-order valence-electron chi connectivity index (χ3n) is 8.64. The second kappa shape index (κ2) is 15.5. The molecule has 2 aliphatic rings. The van der Waals surface area contributed by atoms with Crippen LogP contribution in [-0.4, -0.2) is 33.5 Å². The van der Waals surface area contributed by atoms with Crippen molar-refractivity contribution in [2.75, 3.05) is 0 Å². The van der Waals surface area contributed by atoms with Crippen LogP contribution in [0.2, 0.25) is 0 Å². The first-order chi connectivity index (χ1) is 20.4. The molecule has 2 rings (SSSR count). The van der Waals surface area contributed by atoms with Gasteiger partial charge in [0.1, 0.15) is 0 Å². The summed E-state index contributed by atoms with van der Waals surface area (Å²) in [5.41, 5.74) is 4.41. The second-order valence-corrected chi connectivity index (χ2v) is 13.8. The number of allylic oxidation sites excluding steroid dienone is 16. The van der Waals surface area contributed by atoms with Crippen molar-refractivity contribution in [2.45, 2.75) is 107 Å². The van der Waals surface area contributed by atoms with Gasteiger partial charge in [0.05, 0.1) is 11.7 Å². The summed E-state index contributed by atoms with van der Waals surface area (Å²) in [5.74, 6) is 6.48. The number of hydrogen-bond donors (Lipinski definition) is 2. The molecule has 0 saturated heterocycles. The first kappa shape index (κ1) is 36.7. The van der Waals surface area contributed by atoms with Gasteiger partial charge in [0, 0.05) is 29.2 Å². The van der Waals surface area contributed by atoms with Gasteiger partial charge in [-0.1, -0.05) is 117 Å². The van der Waals surface area contributed by atoms with Gasteiger partial charge in [-0.25, -0.2) is 0 Å². The van der Waals surface area contributed by atoms with E-state index in [1.165, 1.54) is 11.6 Å². The Morgan fingerprint density at radius 2 is 1.50 bits per heavy atom. The van der Waals surface area contributed by atoms with E-state index >= 15 is 0 Å². The molecule has 236 valence electrons. The minimum absolute atomic E-state index is 0.0161. The topological polar surface area (TPSA) is 74.6 Å². The lowest BCUT2D eigenvalue weighted by atomic mass is 9.62. The minimum Gasteiger partial charge on any atom is -0.393 e. The first-order valence-corrected chi connectivity index (χ1v) is 15.5. The van der Waals surface area contributed by atoms with Crippen molar-refractivity contribution in [1.29, 1.82) is 0 Å². The molecule has 2 aliphatic carbocycles. The zero-order valence-electron chi connectivity index (χ0n) is 28.5. The average Bonchev–Trinajstić information content (AvgIpc) is 2.88. The van der Waals surface area contributed by atoms with Crippen LogP contribution in [-0.2, 0) is 9.59 Å². The maximum absolute atomic E-state index is 12.9. The maximum Gasteiger partial charge on any atom is 0.161 e. The molecule has 0 heterocycles. The molecule has 0 saturated carbocycles. The van der Waals surface area contributed by atoms with Gasteiger partial charge < -0.3 is 10.2 Å². The quantitative estimate of drug-likeness (QED) is 0.159. The van der Waals surface area contributed by atoms with Crippen LogP contribution >= 0.6 is 0 Å². The fourth-order valence-electron chi connectivity index (χ4n) is 5.86. The highest BCUT2D eigenvalue weighted by Crippen LogP contribution is 2.45. The van der Waals surface area contributed by atoms with E-state index in [2.05, 4.69) is 32.6 Å². The molecule has 0 fully saturated rings. The van der Waals surface area contributed by atoms with E-state index in [1.807, 2.05) is 89.3 Å². The van der Waals surface area contributed by atoms with E-state index in [4.69, 9.17) is 0 Å². The van der Waals surface area contributed by atoms with E-state index in [9.17, 15) is 19.8 Å². The SMILES string of the molecule is CC1=CC(=O)CC(C)(C)[C@@]1(O)CC(=O)/C(C)=C/C=C/C(C)=C/C=C/C=C(C)/C=C/C=C(\C)C#CC1=C(C)C[C@@H](O)CC1(C)C. The number of aliphatic hydroxyl groups excluding tert-OH is 1. The smallest absolute Gasteiger partial charge is 0.161 e. The molecule has 2 atom stereocenters. The molecule has 44 heavy (non-hydrogen) atoms. The number of carbonyl (C=O) groups excluding carboxylic acids is 2. The Morgan fingerprint density at radius 1 is 0.932 bits per heavy atom. The van der Waals surface area contributed by atoms with Gasteiger partial charge >= 0.3 is 0 Å². The van der Waals surface area contributed by atoms with E-state index in [0.717, 1.165) is 28.7 Å². The highest BCUT2D eigenvalue weighted by Gasteiger charge is 2.49. The number of Topliss-reactive ketones (excluding diaryl/α,β-unsaturated/α-hetero) is 1. The molecule has 0 radical (unpaired) electrons. The monoisotopic (exact) mass is 596 g/mol. The molecular formula is C40H52O4. The number of aliphatic hydroxyl groups is 2. The van der Waals surface area contributed by atoms with Crippen molar-refractivity contribution in [3.8, 4) is 11.8 Å². The van der Waals surface area contributed by atoms with Gasteiger partial charge in [-0.15, -0.1) is 0 Å². The summed E-state index contributed by atoms with van der Waals surface area (Å²) in [4.78, 5) is 24.9. The molecule has 0 aliphatic heterocycles. The Kier molecular flexibility index (Phi) is 12.9. The highest BCUT2D eigenvalue weighted by atomic mass is 16.3. The van der Waals surface area contributed by atoms with Crippen LogP contribution in [0.1, 0.15) is 94.9 Å². The Balaban J connectivity index is 1.95. The summed E-state index contributed by atoms with van der Waals surface area (Å²) < 4.78 is 0. The normalized spacial score (nSPS) is 25.1. The standard InChI is InChI=1S/C40H52O4/c1-28(17-13-18-30(3)21-22-36-32(5)23-34(41)25-38(36,7)8)15-11-12-16-29(2)19-14-20-31(4)37(43)27-40(44)33(6)24-35(42)26-39(40,9)10/h11-20,24,34,41,44H,23,25-27H2,1-10H3/b12-11+,17-13+,19-14+,28-15+,29-16+,30-18+,31-20+/t34-,40-/m1/s1. The summed E-state index contributed by atoms with van der Waals surface area (Å²) in [7, 11) is 0. The largest absolute Gasteiger partial charge is 0.393 e. The van der Waals surface area contributed by atoms with Crippen LogP contribution in [0.15, 0.2) is 106 Å². The Morgan fingerprint density at radius 3 is 2.05 bits per heavy atom. The lowest BCUT2D eigenvalue weighted by molar-refractivity contribution is -0.132. The lowest BCUT2D eigenvalue weighted by Crippen LogP contribution is -2.50. The maximum atomic E-state index is 12.9. The number of carbonyl (C=O) groups is 2. The van der Waals surface area contributed by atoms with Crippen LogP contribution in [0, 0.1) is 22.7 Å². The van der Waals surface area contributed by atoms with Gasteiger partial charge in [0.15, 0.2) is 11.6 Å². The van der Waals surface area contributed by atoms with Crippen LogP contribution in [0.3, 0.4) is 0 Å². The van der Waals surface area contributed by atoms with Gasteiger partial charge in [-0.2, -0.15) is 0 Å². The van der Waals surface area contributed by atoms with Crippen LogP contribution in [0.25, 0.3) is 0 Å². The molecule has 4 nitrogen and oxygen atoms in total. The van der Waals surface area contributed by atoms with Crippen LogP contribution < -0.4 is 0 Å². The summed E-state index contributed by atoms with van der Waals surface area (Å²) >= 11 is 0. The van der Waals surface area contributed by atoms with Crippen LogP contribution in [0.4, 0.5) is 0 Å². The number of hydrogen-bond acceptors (Lipinski definition) is 4.